The van der Waals surface area contributed by atoms with Crippen LogP contribution in [-0.4, -0.2) is 52.1 Å². The van der Waals surface area contributed by atoms with E-state index in [1.54, 1.807) is 0 Å². The molecule has 1 amide bonds. The zero-order chi connectivity index (χ0) is 16.1. The van der Waals surface area contributed by atoms with Crippen molar-refractivity contribution in [3.05, 3.63) is 36.2 Å². The van der Waals surface area contributed by atoms with Gasteiger partial charge in [-0.15, -0.1) is 10.2 Å². The number of aromatic nitrogens is 2. The van der Waals surface area contributed by atoms with Crippen LogP contribution in [0.25, 0.3) is 11.5 Å². The first-order valence-electron chi connectivity index (χ1n) is 8.14. The Labute approximate surface area is 136 Å². The van der Waals surface area contributed by atoms with E-state index in [4.69, 9.17) is 4.42 Å². The summed E-state index contributed by atoms with van der Waals surface area (Å²) in [7, 11) is 0. The summed E-state index contributed by atoms with van der Waals surface area (Å²) in [5, 5.41) is 8.24. The lowest BCUT2D eigenvalue weighted by Gasteiger charge is -2.34. The third-order valence-electron chi connectivity index (χ3n) is 4.04. The van der Waals surface area contributed by atoms with E-state index in [0.717, 1.165) is 38.2 Å². The Balaban J connectivity index is 1.53. The van der Waals surface area contributed by atoms with E-state index in [1.807, 2.05) is 42.2 Å². The van der Waals surface area contributed by atoms with Crippen molar-refractivity contribution >= 4 is 5.91 Å². The van der Waals surface area contributed by atoms with Crippen molar-refractivity contribution in [2.75, 3.05) is 26.2 Å². The van der Waals surface area contributed by atoms with Gasteiger partial charge in [-0.1, -0.05) is 25.1 Å². The summed E-state index contributed by atoms with van der Waals surface area (Å²) >= 11 is 0. The molecule has 3 rings (SSSR count). The molecule has 0 spiro atoms. The fourth-order valence-corrected chi connectivity index (χ4v) is 2.73. The minimum atomic E-state index is 0.260. The molecule has 0 atom stereocenters. The lowest BCUT2D eigenvalue weighted by Crippen LogP contribution is -2.48. The molecule has 1 saturated heterocycles. The first-order valence-corrected chi connectivity index (χ1v) is 8.14. The van der Waals surface area contributed by atoms with E-state index in [9.17, 15) is 4.79 Å². The van der Waals surface area contributed by atoms with E-state index < -0.39 is 0 Å². The molecule has 1 aromatic carbocycles. The predicted octanol–water partition coefficient (Wildman–Crippen LogP) is 2.18. The zero-order valence-corrected chi connectivity index (χ0v) is 13.4. The fraction of sp³-hybridized carbons (Fsp3) is 0.471. The van der Waals surface area contributed by atoms with Gasteiger partial charge in [0.05, 0.1) is 6.54 Å². The Morgan fingerprint density at radius 2 is 1.87 bits per heavy atom. The highest BCUT2D eigenvalue weighted by atomic mass is 16.4. The largest absolute Gasteiger partial charge is 0.419 e. The van der Waals surface area contributed by atoms with Crippen LogP contribution in [0.4, 0.5) is 0 Å². The van der Waals surface area contributed by atoms with Gasteiger partial charge in [0.25, 0.3) is 0 Å². The van der Waals surface area contributed by atoms with E-state index in [0.29, 0.717) is 24.7 Å². The number of piperazine rings is 1. The summed E-state index contributed by atoms with van der Waals surface area (Å²) in [6.07, 6.45) is 1.55. The van der Waals surface area contributed by atoms with Gasteiger partial charge in [0.15, 0.2) is 0 Å². The molecule has 0 unspecified atom stereocenters. The van der Waals surface area contributed by atoms with Crippen LogP contribution >= 0.6 is 0 Å². The lowest BCUT2D eigenvalue weighted by molar-refractivity contribution is -0.133. The predicted molar refractivity (Wildman–Crippen MR) is 86.5 cm³/mol. The molecule has 23 heavy (non-hydrogen) atoms. The Kier molecular flexibility index (Phi) is 5.02. The van der Waals surface area contributed by atoms with Gasteiger partial charge in [0, 0.05) is 38.2 Å². The monoisotopic (exact) mass is 314 g/mol. The quantitative estimate of drug-likeness (QED) is 0.846. The van der Waals surface area contributed by atoms with Crippen molar-refractivity contribution in [2.24, 2.45) is 0 Å². The Morgan fingerprint density at radius 3 is 2.57 bits per heavy atom. The van der Waals surface area contributed by atoms with Crippen LogP contribution in [0, 0.1) is 0 Å². The number of rotatable bonds is 5. The molecule has 1 aromatic heterocycles. The van der Waals surface area contributed by atoms with Crippen molar-refractivity contribution in [3.63, 3.8) is 0 Å². The molecule has 2 heterocycles. The minimum absolute atomic E-state index is 0.260. The van der Waals surface area contributed by atoms with Gasteiger partial charge in [0.1, 0.15) is 0 Å². The van der Waals surface area contributed by atoms with E-state index in [-0.39, 0.29) is 5.91 Å². The van der Waals surface area contributed by atoms with Crippen LogP contribution < -0.4 is 0 Å². The standard InChI is InChI=1S/C17H22N4O2/c1-2-6-16(22)21-11-9-20(10-12-21)13-15-18-19-17(23-15)14-7-4-3-5-8-14/h3-5,7-8H,2,6,9-13H2,1H3. The molecule has 0 saturated carbocycles. The van der Waals surface area contributed by atoms with Crippen molar-refractivity contribution in [1.82, 2.24) is 20.0 Å². The number of nitrogens with zero attached hydrogens (tertiary/aromatic N) is 4. The van der Waals surface area contributed by atoms with E-state index >= 15 is 0 Å². The van der Waals surface area contributed by atoms with Gasteiger partial charge >= 0.3 is 0 Å². The average Bonchev–Trinajstić information content (AvgIpc) is 3.05. The highest BCUT2D eigenvalue weighted by molar-refractivity contribution is 5.76. The second-order valence-corrected chi connectivity index (χ2v) is 5.77. The van der Waals surface area contributed by atoms with Gasteiger partial charge in [-0.3, -0.25) is 9.69 Å². The van der Waals surface area contributed by atoms with Crippen molar-refractivity contribution in [2.45, 2.75) is 26.3 Å². The lowest BCUT2D eigenvalue weighted by atomic mass is 10.2. The number of amides is 1. The summed E-state index contributed by atoms with van der Waals surface area (Å²) in [6.45, 7) is 5.91. The molecule has 0 radical (unpaired) electrons. The summed E-state index contributed by atoms with van der Waals surface area (Å²) < 4.78 is 5.74. The Hall–Kier alpha value is -2.21. The van der Waals surface area contributed by atoms with E-state index in [2.05, 4.69) is 15.1 Å². The molecule has 1 aliphatic heterocycles. The number of carbonyl (C=O) groups excluding carboxylic acids is 1. The summed E-state index contributed by atoms with van der Waals surface area (Å²) in [5.41, 5.74) is 0.932. The molecule has 1 fully saturated rings. The normalized spacial score (nSPS) is 15.8. The van der Waals surface area contributed by atoms with Gasteiger partial charge in [-0.2, -0.15) is 0 Å². The van der Waals surface area contributed by atoms with Gasteiger partial charge in [-0.25, -0.2) is 0 Å². The van der Waals surface area contributed by atoms with Gasteiger partial charge in [-0.05, 0) is 18.6 Å². The summed E-state index contributed by atoms with van der Waals surface area (Å²) in [6, 6.07) is 9.77. The minimum Gasteiger partial charge on any atom is -0.419 e. The Morgan fingerprint density at radius 1 is 1.13 bits per heavy atom. The molecule has 0 N–H and O–H groups in total. The zero-order valence-electron chi connectivity index (χ0n) is 13.4. The molecule has 122 valence electrons. The van der Waals surface area contributed by atoms with Crippen molar-refractivity contribution in [1.29, 1.82) is 0 Å². The third kappa shape index (κ3) is 3.96. The smallest absolute Gasteiger partial charge is 0.247 e. The molecule has 0 aliphatic carbocycles. The summed E-state index contributed by atoms with van der Waals surface area (Å²) in [5.74, 6) is 1.44. The van der Waals surface area contributed by atoms with Crippen molar-refractivity contribution < 1.29 is 9.21 Å². The molecular formula is C17H22N4O2. The van der Waals surface area contributed by atoms with Crippen LogP contribution in [0.2, 0.25) is 0 Å². The highest BCUT2D eigenvalue weighted by Gasteiger charge is 2.21. The van der Waals surface area contributed by atoms with Gasteiger partial charge in [0.2, 0.25) is 17.7 Å². The fourth-order valence-electron chi connectivity index (χ4n) is 2.73. The maximum absolute atomic E-state index is 11.9. The summed E-state index contributed by atoms with van der Waals surface area (Å²) in [4.78, 5) is 16.1. The Bertz CT molecular complexity index is 633. The van der Waals surface area contributed by atoms with E-state index in [1.165, 1.54) is 0 Å². The molecule has 1 aliphatic rings. The maximum atomic E-state index is 11.9. The molecule has 0 bridgehead atoms. The van der Waals surface area contributed by atoms with Gasteiger partial charge < -0.3 is 9.32 Å². The average molecular weight is 314 g/mol. The van der Waals surface area contributed by atoms with Crippen molar-refractivity contribution in [3.8, 4) is 11.5 Å². The molecule has 6 heteroatoms. The molecule has 2 aromatic rings. The van der Waals surface area contributed by atoms with Crippen LogP contribution in [-0.2, 0) is 11.3 Å². The SMILES string of the molecule is CCCC(=O)N1CCN(Cc2nnc(-c3ccccc3)o2)CC1. The highest BCUT2D eigenvalue weighted by Crippen LogP contribution is 2.18. The second kappa shape index (κ2) is 7.37. The van der Waals surface area contributed by atoms with Crippen LogP contribution in [0.5, 0.6) is 0 Å². The van der Waals surface area contributed by atoms with Crippen LogP contribution in [0.3, 0.4) is 0 Å². The maximum Gasteiger partial charge on any atom is 0.247 e. The topological polar surface area (TPSA) is 62.5 Å². The van der Waals surface area contributed by atoms with Crippen LogP contribution in [0.1, 0.15) is 25.7 Å². The first kappa shape index (κ1) is 15.7. The van der Waals surface area contributed by atoms with Crippen LogP contribution in [0.15, 0.2) is 34.7 Å². The number of hydrogen-bond donors (Lipinski definition) is 0. The molecular weight excluding hydrogens is 292 g/mol. The number of hydrogen-bond acceptors (Lipinski definition) is 5. The number of benzene rings is 1. The third-order valence-corrected chi connectivity index (χ3v) is 4.04. The number of carbonyl (C=O) groups is 1. The first-order chi connectivity index (χ1) is 11.3. The molecule has 6 nitrogen and oxygen atoms in total. The second-order valence-electron chi connectivity index (χ2n) is 5.77.